The van der Waals surface area contributed by atoms with Crippen molar-refractivity contribution < 1.29 is 4.17 Å². The van der Waals surface area contributed by atoms with Crippen LogP contribution in [0, 0.1) is 4.91 Å². The Balaban J connectivity index is 3.01. The molecule has 0 aromatic heterocycles. The van der Waals surface area contributed by atoms with E-state index in [1.165, 1.54) is 12.1 Å². The van der Waals surface area contributed by atoms with Crippen molar-refractivity contribution in [3.63, 3.8) is 0 Å². The third-order valence-corrected chi connectivity index (χ3v) is 2.27. The molecule has 0 bridgehead atoms. The third-order valence-electron chi connectivity index (χ3n) is 1.41. The van der Waals surface area contributed by atoms with Crippen molar-refractivity contribution in [1.82, 2.24) is 0 Å². The third kappa shape index (κ3) is 2.95. The van der Waals surface area contributed by atoms with Gasteiger partial charge in [0.05, 0.1) is 0 Å². The van der Waals surface area contributed by atoms with Crippen LogP contribution in [0.4, 0.5) is 5.69 Å². The second-order valence-electron chi connectivity index (χ2n) is 2.30. The lowest BCUT2D eigenvalue weighted by molar-refractivity contribution is -0.262. The summed E-state index contributed by atoms with van der Waals surface area (Å²) >= 11 is 21.2. The minimum Gasteiger partial charge on any atom is -0.364 e. The van der Waals surface area contributed by atoms with Gasteiger partial charge in [-0.1, -0.05) is 39.0 Å². The molecule has 0 unspecified atom stereocenters. The van der Waals surface area contributed by atoms with Gasteiger partial charge in [0.2, 0.25) is 9.48 Å². The van der Waals surface area contributed by atoms with E-state index in [4.69, 9.17) is 34.8 Å². The summed E-state index contributed by atoms with van der Waals surface area (Å²) in [5, 5.41) is 0. The Bertz CT molecular complexity index is 320. The number of nitroso groups, excluding NO2 is 1. The Morgan fingerprint density at radius 3 is 1.92 bits per heavy atom. The summed E-state index contributed by atoms with van der Waals surface area (Å²) in [6.07, 6.45) is 0. The molecule has 0 heterocycles. The highest BCUT2D eigenvalue weighted by atomic mass is 35.6. The van der Waals surface area contributed by atoms with E-state index in [0.29, 0.717) is 15.4 Å². The lowest BCUT2D eigenvalue weighted by Gasteiger charge is -2.09. The quantitative estimate of drug-likeness (QED) is 0.436. The molecular weight excluding hydrogens is 253 g/mol. The highest BCUT2D eigenvalue weighted by molar-refractivity contribution is 7.51. The van der Waals surface area contributed by atoms with Crippen LogP contribution in [-0.2, 0) is 16.6 Å². The first-order valence-electron chi connectivity index (χ1n) is 3.23. The molecule has 0 aliphatic heterocycles. The smallest absolute Gasteiger partial charge is 0.237 e. The van der Waals surface area contributed by atoms with Gasteiger partial charge in [-0.2, -0.15) is 0 Å². The Morgan fingerprint density at radius 1 is 1.15 bits per heavy atom. The molecule has 0 radical (unpaired) electrons. The molecule has 0 aliphatic carbocycles. The van der Waals surface area contributed by atoms with E-state index in [1.54, 1.807) is 12.1 Å². The molecule has 1 rings (SSSR count). The Morgan fingerprint density at radius 2 is 1.62 bits per heavy atom. The molecule has 2 nitrogen and oxygen atoms in total. The number of rotatable bonds is 1. The molecule has 0 N–H and O–H groups in total. The molecule has 0 fully saturated rings. The first kappa shape index (κ1) is 11.0. The topological polar surface area (TPSA) is 20.1 Å². The van der Waals surface area contributed by atoms with Crippen LogP contribution in [0.1, 0.15) is 5.56 Å². The van der Waals surface area contributed by atoms with E-state index >= 15 is 0 Å². The van der Waals surface area contributed by atoms with Crippen LogP contribution in [0.25, 0.3) is 0 Å². The standard InChI is InChI=1S/C7H4Cl3NOS/c8-7(9,10)5-1-3-6(4-2-5)11(12)13/h1-4H. The number of halogens is 3. The summed E-state index contributed by atoms with van der Waals surface area (Å²) in [7, 11) is 0. The van der Waals surface area contributed by atoms with Crippen LogP contribution >= 0.6 is 34.8 Å². The molecule has 0 atom stereocenters. The average Bonchev–Trinajstić information content (AvgIpc) is 2.03. The summed E-state index contributed by atoms with van der Waals surface area (Å²) in [5.74, 6) is 0. The van der Waals surface area contributed by atoms with Gasteiger partial charge >= 0.3 is 0 Å². The van der Waals surface area contributed by atoms with Crippen molar-refractivity contribution in [2.24, 2.45) is 0 Å². The predicted molar refractivity (Wildman–Crippen MR) is 56.3 cm³/mol. The maximum Gasteiger partial charge on any atom is 0.237 e. The van der Waals surface area contributed by atoms with Crippen LogP contribution in [0.3, 0.4) is 0 Å². The van der Waals surface area contributed by atoms with Crippen molar-refractivity contribution in [3.8, 4) is 0 Å². The summed E-state index contributed by atoms with van der Waals surface area (Å²) in [6, 6.07) is 6.08. The maximum atomic E-state index is 10.6. The van der Waals surface area contributed by atoms with Crippen molar-refractivity contribution in [3.05, 3.63) is 34.7 Å². The highest BCUT2D eigenvalue weighted by Gasteiger charge is 2.22. The van der Waals surface area contributed by atoms with Crippen LogP contribution in [-0.4, -0.2) is 4.17 Å². The zero-order chi connectivity index (χ0) is 10.1. The number of benzene rings is 1. The average molecular weight is 257 g/mol. The summed E-state index contributed by atoms with van der Waals surface area (Å²) < 4.78 is -1.14. The van der Waals surface area contributed by atoms with Crippen molar-refractivity contribution in [2.75, 3.05) is 0 Å². The first-order valence-corrected chi connectivity index (χ1v) is 4.73. The van der Waals surface area contributed by atoms with Crippen LogP contribution in [0.2, 0.25) is 0 Å². The second-order valence-corrected chi connectivity index (χ2v) is 4.91. The van der Waals surface area contributed by atoms with Crippen LogP contribution < -0.4 is 0 Å². The zero-order valence-electron chi connectivity index (χ0n) is 6.21. The molecule has 0 amide bonds. The van der Waals surface area contributed by atoms with E-state index in [2.05, 4.69) is 12.8 Å². The van der Waals surface area contributed by atoms with E-state index in [0.717, 1.165) is 0 Å². The lowest BCUT2D eigenvalue weighted by atomic mass is 10.2. The maximum absolute atomic E-state index is 10.6. The number of hydrogen-bond acceptors (Lipinski definition) is 2. The summed E-state index contributed by atoms with van der Waals surface area (Å²) in [5.41, 5.74) is 0.839. The van der Waals surface area contributed by atoms with Crippen LogP contribution in [0.5, 0.6) is 0 Å². The van der Waals surface area contributed by atoms with E-state index < -0.39 is 3.79 Å². The summed E-state index contributed by atoms with van der Waals surface area (Å²) in [4.78, 5) is 10.6. The van der Waals surface area contributed by atoms with Gasteiger partial charge in [0.25, 0.3) is 0 Å². The molecule has 70 valence electrons. The van der Waals surface area contributed by atoms with Gasteiger partial charge in [0.15, 0.2) is 0 Å². The molecule has 0 spiro atoms. The molecule has 0 aliphatic rings. The Hall–Kier alpha value is -0.0900. The molecule has 1 aromatic rings. The van der Waals surface area contributed by atoms with Gasteiger partial charge in [0.1, 0.15) is 0 Å². The van der Waals surface area contributed by atoms with Crippen molar-refractivity contribution in [2.45, 2.75) is 3.79 Å². The van der Waals surface area contributed by atoms with Crippen molar-refractivity contribution >= 4 is 53.3 Å². The van der Waals surface area contributed by atoms with Gasteiger partial charge < -0.3 is 12.8 Å². The Kier molecular flexibility index (Phi) is 3.35. The van der Waals surface area contributed by atoms with E-state index in [1.807, 2.05) is 0 Å². The molecule has 13 heavy (non-hydrogen) atoms. The molecule has 1 aromatic carbocycles. The zero-order valence-corrected chi connectivity index (χ0v) is 9.29. The normalized spacial score (nSPS) is 11.3. The fourth-order valence-electron chi connectivity index (χ4n) is 0.772. The van der Waals surface area contributed by atoms with Gasteiger partial charge in [-0.15, -0.1) is 0 Å². The van der Waals surface area contributed by atoms with Gasteiger partial charge in [-0.25, -0.2) is 0 Å². The Labute approximate surface area is 95.9 Å². The monoisotopic (exact) mass is 255 g/mol. The predicted octanol–water partition coefficient (Wildman–Crippen LogP) is 3.39. The second kappa shape index (κ2) is 3.96. The lowest BCUT2D eigenvalue weighted by Crippen LogP contribution is -1.99. The molecule has 0 saturated heterocycles. The first-order chi connectivity index (χ1) is 5.91. The van der Waals surface area contributed by atoms with Crippen molar-refractivity contribution in [1.29, 1.82) is 0 Å². The largest absolute Gasteiger partial charge is 0.364 e. The molecule has 6 heteroatoms. The fraction of sp³-hybridized carbons (Fsp3) is 0.143. The number of alkyl halides is 3. The highest BCUT2D eigenvalue weighted by Crippen LogP contribution is 2.38. The molecular formula is C7H4Cl3NOS. The summed E-state index contributed by atoms with van der Waals surface area (Å²) in [6.45, 7) is 0. The van der Waals surface area contributed by atoms with Crippen LogP contribution in [0.15, 0.2) is 24.3 Å². The minimum atomic E-state index is -1.46. The SMILES string of the molecule is O=[N+]([S-])c1ccc(C(Cl)(Cl)Cl)cc1. The van der Waals surface area contributed by atoms with Gasteiger partial charge in [-0.3, -0.25) is 0 Å². The number of nitrogens with zero attached hydrogens (tertiary/aromatic N) is 1. The molecule has 0 saturated carbocycles. The van der Waals surface area contributed by atoms with Gasteiger partial charge in [-0.05, 0) is 12.1 Å². The number of hydrogen-bond donors (Lipinski definition) is 0. The van der Waals surface area contributed by atoms with E-state index in [9.17, 15) is 4.91 Å². The van der Waals surface area contributed by atoms with E-state index in [-0.39, 0.29) is 0 Å². The van der Waals surface area contributed by atoms with Gasteiger partial charge in [0, 0.05) is 22.6 Å². The minimum absolute atomic E-state index is 0.322. The fourth-order valence-corrected chi connectivity index (χ4v) is 1.27.